The van der Waals surface area contributed by atoms with Crippen molar-refractivity contribution in [3.63, 3.8) is 0 Å². The molecule has 3 heteroatoms. The summed E-state index contributed by atoms with van der Waals surface area (Å²) in [6.45, 7) is 4.00. The average Bonchev–Trinajstić information content (AvgIpc) is 2.64. The molecule has 0 radical (unpaired) electrons. The number of hydrogen-bond donors (Lipinski definition) is 1. The molecule has 1 N–H and O–H groups in total. The highest BCUT2D eigenvalue weighted by atomic mass is 19.1. The highest BCUT2D eigenvalue weighted by molar-refractivity contribution is 5.91. The summed E-state index contributed by atoms with van der Waals surface area (Å²) in [6.07, 6.45) is 0.396. The highest BCUT2D eigenvalue weighted by Gasteiger charge is 2.13. The van der Waals surface area contributed by atoms with Crippen molar-refractivity contribution < 1.29 is 9.18 Å². The van der Waals surface area contributed by atoms with Gasteiger partial charge in [-0.05, 0) is 41.7 Å². The van der Waals surface area contributed by atoms with E-state index in [0.29, 0.717) is 12.0 Å². The molecule has 0 aromatic heterocycles. The summed E-state index contributed by atoms with van der Waals surface area (Å²) in [4.78, 5) is 12.3. The third-order valence-electron chi connectivity index (χ3n) is 4.58. The summed E-state index contributed by atoms with van der Waals surface area (Å²) >= 11 is 0. The van der Waals surface area contributed by atoms with Gasteiger partial charge in [0, 0.05) is 17.7 Å². The molecule has 1 unspecified atom stereocenters. The number of benzene rings is 3. The van der Waals surface area contributed by atoms with E-state index in [-0.39, 0.29) is 17.6 Å². The molecule has 0 bridgehead atoms. The fraction of sp³-hybridized carbons (Fsp3) is 0.174. The van der Waals surface area contributed by atoms with Crippen molar-refractivity contribution in [2.45, 2.75) is 26.2 Å². The first-order valence-electron chi connectivity index (χ1n) is 8.75. The Labute approximate surface area is 153 Å². The van der Waals surface area contributed by atoms with Crippen LogP contribution in [0.3, 0.4) is 0 Å². The lowest BCUT2D eigenvalue weighted by Gasteiger charge is -2.14. The minimum absolute atomic E-state index is 0.00928. The van der Waals surface area contributed by atoms with E-state index >= 15 is 0 Å². The standard InChI is InChI=1S/C23H22FNO/c1-16-7-3-6-10-22(16)25-23(26)15-17(2)18-11-13-19(14-12-18)20-8-4-5-9-21(20)24/h3-14,17H,15H2,1-2H3,(H,25,26). The second-order valence-corrected chi connectivity index (χ2v) is 6.57. The van der Waals surface area contributed by atoms with Crippen LogP contribution in [0, 0.1) is 12.7 Å². The Balaban J connectivity index is 1.66. The van der Waals surface area contributed by atoms with Crippen molar-refractivity contribution in [3.05, 3.63) is 89.7 Å². The first kappa shape index (κ1) is 17.9. The lowest BCUT2D eigenvalue weighted by atomic mass is 9.95. The Kier molecular flexibility index (Phi) is 5.47. The maximum absolute atomic E-state index is 13.9. The Morgan fingerprint density at radius 3 is 2.31 bits per heavy atom. The van der Waals surface area contributed by atoms with Crippen molar-refractivity contribution in [3.8, 4) is 11.1 Å². The third-order valence-corrected chi connectivity index (χ3v) is 4.58. The summed E-state index contributed by atoms with van der Waals surface area (Å²) < 4.78 is 13.9. The molecule has 26 heavy (non-hydrogen) atoms. The zero-order chi connectivity index (χ0) is 18.5. The van der Waals surface area contributed by atoms with Gasteiger partial charge in [-0.25, -0.2) is 4.39 Å². The van der Waals surface area contributed by atoms with Crippen LogP contribution in [-0.4, -0.2) is 5.91 Å². The van der Waals surface area contributed by atoms with Gasteiger partial charge in [-0.15, -0.1) is 0 Å². The van der Waals surface area contributed by atoms with E-state index in [1.807, 2.05) is 68.4 Å². The zero-order valence-electron chi connectivity index (χ0n) is 15.0. The van der Waals surface area contributed by atoms with E-state index in [4.69, 9.17) is 0 Å². The van der Waals surface area contributed by atoms with Crippen molar-refractivity contribution in [1.29, 1.82) is 0 Å². The number of hydrogen-bond acceptors (Lipinski definition) is 1. The number of carbonyl (C=O) groups is 1. The van der Waals surface area contributed by atoms with Crippen LogP contribution < -0.4 is 5.32 Å². The summed E-state index contributed by atoms with van der Waals surface area (Å²) in [6, 6.07) is 22.2. The first-order valence-corrected chi connectivity index (χ1v) is 8.75. The number of halogens is 1. The molecule has 0 aliphatic heterocycles. The minimum Gasteiger partial charge on any atom is -0.326 e. The fourth-order valence-corrected chi connectivity index (χ4v) is 3.00. The van der Waals surface area contributed by atoms with Crippen LogP contribution in [0.2, 0.25) is 0 Å². The van der Waals surface area contributed by atoms with Gasteiger partial charge in [0.15, 0.2) is 0 Å². The fourth-order valence-electron chi connectivity index (χ4n) is 3.00. The van der Waals surface area contributed by atoms with Crippen LogP contribution in [0.4, 0.5) is 10.1 Å². The largest absolute Gasteiger partial charge is 0.326 e. The van der Waals surface area contributed by atoms with Gasteiger partial charge >= 0.3 is 0 Å². The molecule has 1 amide bonds. The van der Waals surface area contributed by atoms with E-state index in [1.54, 1.807) is 12.1 Å². The molecule has 132 valence electrons. The maximum Gasteiger partial charge on any atom is 0.224 e. The maximum atomic E-state index is 13.9. The SMILES string of the molecule is Cc1ccccc1NC(=O)CC(C)c1ccc(-c2ccccc2F)cc1. The molecule has 3 rings (SSSR count). The summed E-state index contributed by atoms with van der Waals surface area (Å²) in [5.74, 6) is -0.162. The zero-order valence-corrected chi connectivity index (χ0v) is 15.0. The summed E-state index contributed by atoms with van der Waals surface area (Å²) in [7, 11) is 0. The number of amides is 1. The van der Waals surface area contributed by atoms with Crippen LogP contribution in [0.5, 0.6) is 0 Å². The minimum atomic E-state index is -0.231. The molecule has 0 fully saturated rings. The number of aryl methyl sites for hydroxylation is 1. The highest BCUT2D eigenvalue weighted by Crippen LogP contribution is 2.26. The van der Waals surface area contributed by atoms with Gasteiger partial charge in [0.05, 0.1) is 0 Å². The molecule has 0 heterocycles. The Bertz CT molecular complexity index is 902. The average molecular weight is 347 g/mol. The van der Waals surface area contributed by atoms with Crippen molar-refractivity contribution >= 4 is 11.6 Å². The van der Waals surface area contributed by atoms with Gasteiger partial charge in [0.2, 0.25) is 5.91 Å². The van der Waals surface area contributed by atoms with Crippen molar-refractivity contribution in [2.24, 2.45) is 0 Å². The van der Waals surface area contributed by atoms with Crippen LogP contribution in [0.25, 0.3) is 11.1 Å². The van der Waals surface area contributed by atoms with Gasteiger partial charge in [-0.1, -0.05) is 67.6 Å². The van der Waals surface area contributed by atoms with Gasteiger partial charge in [0.1, 0.15) is 5.82 Å². The normalized spacial score (nSPS) is 11.8. The molecular weight excluding hydrogens is 325 g/mol. The number of nitrogens with one attached hydrogen (secondary N) is 1. The molecule has 0 spiro atoms. The van der Waals surface area contributed by atoms with E-state index < -0.39 is 0 Å². The molecule has 0 aliphatic carbocycles. The third kappa shape index (κ3) is 4.17. The van der Waals surface area contributed by atoms with Gasteiger partial charge in [-0.3, -0.25) is 4.79 Å². The van der Waals surface area contributed by atoms with E-state index in [2.05, 4.69) is 5.32 Å². The predicted octanol–water partition coefficient (Wildman–Crippen LogP) is 5.93. The first-order chi connectivity index (χ1) is 12.5. The molecule has 3 aromatic rings. The van der Waals surface area contributed by atoms with Crippen LogP contribution in [0.15, 0.2) is 72.8 Å². The lowest BCUT2D eigenvalue weighted by Crippen LogP contribution is -2.15. The van der Waals surface area contributed by atoms with Crippen molar-refractivity contribution in [2.75, 3.05) is 5.32 Å². The Hall–Kier alpha value is -2.94. The van der Waals surface area contributed by atoms with Crippen LogP contribution >= 0.6 is 0 Å². The smallest absolute Gasteiger partial charge is 0.224 e. The van der Waals surface area contributed by atoms with Crippen molar-refractivity contribution in [1.82, 2.24) is 0 Å². The Morgan fingerprint density at radius 2 is 1.62 bits per heavy atom. The van der Waals surface area contributed by atoms with Crippen LogP contribution in [-0.2, 0) is 4.79 Å². The lowest BCUT2D eigenvalue weighted by molar-refractivity contribution is -0.116. The summed E-state index contributed by atoms with van der Waals surface area (Å²) in [5.41, 5.74) is 4.37. The molecule has 2 nitrogen and oxygen atoms in total. The molecule has 0 saturated carbocycles. The summed E-state index contributed by atoms with van der Waals surface area (Å²) in [5, 5.41) is 2.97. The van der Waals surface area contributed by atoms with Crippen LogP contribution in [0.1, 0.15) is 30.4 Å². The molecule has 1 atom stereocenters. The van der Waals surface area contributed by atoms with E-state index in [9.17, 15) is 9.18 Å². The van der Waals surface area contributed by atoms with Gasteiger partial charge in [-0.2, -0.15) is 0 Å². The van der Waals surface area contributed by atoms with Gasteiger partial charge in [0.25, 0.3) is 0 Å². The molecular formula is C23H22FNO. The van der Waals surface area contributed by atoms with Gasteiger partial charge < -0.3 is 5.32 Å². The second kappa shape index (κ2) is 7.96. The molecule has 0 saturated heterocycles. The molecule has 3 aromatic carbocycles. The number of para-hydroxylation sites is 1. The quantitative estimate of drug-likeness (QED) is 0.608. The predicted molar refractivity (Wildman–Crippen MR) is 105 cm³/mol. The number of carbonyl (C=O) groups excluding carboxylic acids is 1. The second-order valence-electron chi connectivity index (χ2n) is 6.57. The molecule has 0 aliphatic rings. The van der Waals surface area contributed by atoms with E-state index in [1.165, 1.54) is 6.07 Å². The monoisotopic (exact) mass is 347 g/mol. The number of anilines is 1. The Morgan fingerprint density at radius 1 is 0.962 bits per heavy atom. The van der Waals surface area contributed by atoms with E-state index in [0.717, 1.165) is 22.4 Å². The number of rotatable bonds is 5. The topological polar surface area (TPSA) is 29.1 Å².